The summed E-state index contributed by atoms with van der Waals surface area (Å²) in [7, 11) is 0. The average molecular weight is 222 g/mol. The number of aromatic nitrogens is 4. The Kier molecular flexibility index (Phi) is 2.81. The van der Waals surface area contributed by atoms with Gasteiger partial charge < -0.3 is 0 Å². The van der Waals surface area contributed by atoms with Gasteiger partial charge in [0.15, 0.2) is 0 Å². The summed E-state index contributed by atoms with van der Waals surface area (Å²) in [5.41, 5.74) is 2.31. The standard InChI is InChI=1S/C10H14N4S/c1-4-8-6-9(5-2)14(12-8)10-11-7(3)13-15-10/h6H,4-5H2,1-3H3. The van der Waals surface area contributed by atoms with Crippen molar-refractivity contribution in [3.8, 4) is 5.13 Å². The van der Waals surface area contributed by atoms with Crippen LogP contribution in [0.2, 0.25) is 0 Å². The molecular formula is C10H14N4S. The van der Waals surface area contributed by atoms with Crippen molar-refractivity contribution in [3.63, 3.8) is 0 Å². The smallest absolute Gasteiger partial charge is 0.209 e. The van der Waals surface area contributed by atoms with Crippen molar-refractivity contribution in [2.45, 2.75) is 33.6 Å². The van der Waals surface area contributed by atoms with Crippen LogP contribution in [0.15, 0.2) is 6.07 Å². The normalized spacial score (nSPS) is 10.9. The molecular weight excluding hydrogens is 208 g/mol. The Morgan fingerprint density at radius 1 is 1.33 bits per heavy atom. The highest BCUT2D eigenvalue weighted by molar-refractivity contribution is 7.08. The first-order valence-electron chi connectivity index (χ1n) is 5.13. The summed E-state index contributed by atoms with van der Waals surface area (Å²) < 4.78 is 6.08. The van der Waals surface area contributed by atoms with E-state index in [1.54, 1.807) is 0 Å². The third-order valence-electron chi connectivity index (χ3n) is 2.26. The highest BCUT2D eigenvalue weighted by atomic mass is 32.1. The van der Waals surface area contributed by atoms with Gasteiger partial charge in [0.05, 0.1) is 5.69 Å². The molecule has 0 aromatic carbocycles. The lowest BCUT2D eigenvalue weighted by Gasteiger charge is -1.98. The molecule has 0 saturated carbocycles. The maximum Gasteiger partial charge on any atom is 0.230 e. The Labute approximate surface area is 93.1 Å². The van der Waals surface area contributed by atoms with Crippen LogP contribution in [0.4, 0.5) is 0 Å². The summed E-state index contributed by atoms with van der Waals surface area (Å²) in [6.07, 6.45) is 1.92. The molecule has 2 heterocycles. The van der Waals surface area contributed by atoms with Crippen LogP contribution < -0.4 is 0 Å². The molecule has 0 spiro atoms. The Balaban J connectivity index is 2.46. The highest BCUT2D eigenvalue weighted by Gasteiger charge is 2.10. The molecule has 2 rings (SSSR count). The highest BCUT2D eigenvalue weighted by Crippen LogP contribution is 2.15. The lowest BCUT2D eigenvalue weighted by Crippen LogP contribution is -2.00. The van der Waals surface area contributed by atoms with Crippen LogP contribution in [-0.4, -0.2) is 19.1 Å². The van der Waals surface area contributed by atoms with Crippen molar-refractivity contribution in [2.24, 2.45) is 0 Å². The van der Waals surface area contributed by atoms with Crippen molar-refractivity contribution in [1.82, 2.24) is 19.1 Å². The molecule has 0 amide bonds. The Morgan fingerprint density at radius 3 is 2.67 bits per heavy atom. The first-order valence-corrected chi connectivity index (χ1v) is 5.90. The SMILES string of the molecule is CCc1cc(CC)n(-c2nc(C)ns2)n1. The molecule has 2 aromatic rings. The molecule has 0 bridgehead atoms. The summed E-state index contributed by atoms with van der Waals surface area (Å²) in [5, 5.41) is 5.37. The molecule has 2 aromatic heterocycles. The topological polar surface area (TPSA) is 43.6 Å². The molecule has 0 radical (unpaired) electrons. The summed E-state index contributed by atoms with van der Waals surface area (Å²) in [6.45, 7) is 6.13. The van der Waals surface area contributed by atoms with Crippen LogP contribution in [0.25, 0.3) is 5.13 Å². The monoisotopic (exact) mass is 222 g/mol. The zero-order valence-electron chi connectivity index (χ0n) is 9.19. The van der Waals surface area contributed by atoms with Crippen molar-refractivity contribution >= 4 is 11.5 Å². The van der Waals surface area contributed by atoms with E-state index in [2.05, 4.69) is 34.4 Å². The van der Waals surface area contributed by atoms with Gasteiger partial charge in [0, 0.05) is 17.2 Å². The second-order valence-corrected chi connectivity index (χ2v) is 4.10. The summed E-state index contributed by atoms with van der Waals surface area (Å²) in [6, 6.07) is 2.14. The van der Waals surface area contributed by atoms with E-state index >= 15 is 0 Å². The van der Waals surface area contributed by atoms with Crippen LogP contribution in [0, 0.1) is 6.92 Å². The van der Waals surface area contributed by atoms with Crippen molar-refractivity contribution in [3.05, 3.63) is 23.3 Å². The molecule has 0 atom stereocenters. The van der Waals surface area contributed by atoms with Crippen molar-refractivity contribution in [1.29, 1.82) is 0 Å². The molecule has 80 valence electrons. The summed E-state index contributed by atoms with van der Waals surface area (Å²) in [5.74, 6) is 0.811. The minimum absolute atomic E-state index is 0.811. The maximum atomic E-state index is 4.51. The molecule has 15 heavy (non-hydrogen) atoms. The quantitative estimate of drug-likeness (QED) is 0.799. The Hall–Kier alpha value is -1.23. The fourth-order valence-corrected chi connectivity index (χ4v) is 2.10. The van der Waals surface area contributed by atoms with Gasteiger partial charge in [-0.2, -0.15) is 9.47 Å². The lowest BCUT2D eigenvalue weighted by molar-refractivity contribution is 0.785. The van der Waals surface area contributed by atoms with Gasteiger partial charge in [0.1, 0.15) is 5.82 Å². The predicted molar refractivity (Wildman–Crippen MR) is 60.5 cm³/mol. The number of hydrogen-bond acceptors (Lipinski definition) is 4. The first-order chi connectivity index (χ1) is 7.24. The lowest BCUT2D eigenvalue weighted by atomic mass is 10.3. The van der Waals surface area contributed by atoms with E-state index in [-0.39, 0.29) is 0 Å². The van der Waals surface area contributed by atoms with Crippen LogP contribution in [0.5, 0.6) is 0 Å². The molecule has 0 fully saturated rings. The van der Waals surface area contributed by atoms with Crippen LogP contribution in [0.3, 0.4) is 0 Å². The number of hydrogen-bond donors (Lipinski definition) is 0. The van der Waals surface area contributed by atoms with Crippen molar-refractivity contribution in [2.75, 3.05) is 0 Å². The van der Waals surface area contributed by atoms with Gasteiger partial charge in [-0.05, 0) is 25.8 Å². The van der Waals surface area contributed by atoms with E-state index in [0.29, 0.717) is 0 Å². The van der Waals surface area contributed by atoms with E-state index in [1.165, 1.54) is 17.2 Å². The summed E-state index contributed by atoms with van der Waals surface area (Å²) in [4.78, 5) is 4.35. The van der Waals surface area contributed by atoms with E-state index in [0.717, 1.165) is 29.5 Å². The van der Waals surface area contributed by atoms with Gasteiger partial charge in [-0.25, -0.2) is 9.67 Å². The Bertz CT molecular complexity index is 458. The van der Waals surface area contributed by atoms with Crippen LogP contribution in [0.1, 0.15) is 31.1 Å². The third kappa shape index (κ3) is 1.92. The molecule has 4 nitrogen and oxygen atoms in total. The third-order valence-corrected chi connectivity index (χ3v) is 3.04. The second-order valence-electron chi connectivity index (χ2n) is 3.37. The van der Waals surface area contributed by atoms with Gasteiger partial charge in [-0.1, -0.05) is 13.8 Å². The minimum Gasteiger partial charge on any atom is -0.209 e. The molecule has 0 N–H and O–H groups in total. The fourth-order valence-electron chi connectivity index (χ4n) is 1.44. The van der Waals surface area contributed by atoms with Crippen molar-refractivity contribution < 1.29 is 0 Å². The van der Waals surface area contributed by atoms with E-state index < -0.39 is 0 Å². The van der Waals surface area contributed by atoms with Crippen LogP contribution >= 0.6 is 11.5 Å². The zero-order chi connectivity index (χ0) is 10.8. The number of aryl methyl sites for hydroxylation is 3. The van der Waals surface area contributed by atoms with Gasteiger partial charge in [0.2, 0.25) is 5.13 Å². The summed E-state index contributed by atoms with van der Waals surface area (Å²) >= 11 is 1.40. The molecule has 5 heteroatoms. The maximum absolute atomic E-state index is 4.51. The molecule has 0 aliphatic rings. The van der Waals surface area contributed by atoms with E-state index in [4.69, 9.17) is 0 Å². The van der Waals surface area contributed by atoms with Gasteiger partial charge >= 0.3 is 0 Å². The molecule has 0 unspecified atom stereocenters. The molecule has 0 saturated heterocycles. The second kappa shape index (κ2) is 4.10. The fraction of sp³-hybridized carbons (Fsp3) is 0.500. The van der Waals surface area contributed by atoms with E-state index in [9.17, 15) is 0 Å². The van der Waals surface area contributed by atoms with Gasteiger partial charge in [-0.15, -0.1) is 0 Å². The average Bonchev–Trinajstić information content (AvgIpc) is 2.82. The van der Waals surface area contributed by atoms with Gasteiger partial charge in [0.25, 0.3) is 0 Å². The first kappa shape index (κ1) is 10.3. The van der Waals surface area contributed by atoms with Crippen LogP contribution in [-0.2, 0) is 12.8 Å². The zero-order valence-corrected chi connectivity index (χ0v) is 10.0. The molecule has 0 aliphatic carbocycles. The molecule has 0 aliphatic heterocycles. The van der Waals surface area contributed by atoms with Gasteiger partial charge in [-0.3, -0.25) is 0 Å². The number of rotatable bonds is 3. The Morgan fingerprint density at radius 2 is 2.13 bits per heavy atom. The number of nitrogens with zero attached hydrogens (tertiary/aromatic N) is 4. The minimum atomic E-state index is 0.811. The predicted octanol–water partition coefficient (Wildman–Crippen LogP) is 2.16. The largest absolute Gasteiger partial charge is 0.230 e. The van der Waals surface area contributed by atoms with E-state index in [1.807, 2.05) is 11.6 Å².